The SMILES string of the molecule is CCN1C(=O)CC[C@H](C(=O)NCC2=CCCOC2)[C@H]1c1ccnn1C. The van der Waals surface area contributed by atoms with Crippen LogP contribution in [0.25, 0.3) is 0 Å². The first-order valence-corrected chi connectivity index (χ1v) is 8.92. The molecule has 25 heavy (non-hydrogen) atoms. The fourth-order valence-electron chi connectivity index (χ4n) is 3.70. The lowest BCUT2D eigenvalue weighted by Crippen LogP contribution is -2.48. The predicted molar refractivity (Wildman–Crippen MR) is 92.6 cm³/mol. The van der Waals surface area contributed by atoms with Gasteiger partial charge in [-0.2, -0.15) is 5.10 Å². The fraction of sp³-hybridized carbons (Fsp3) is 0.611. The van der Waals surface area contributed by atoms with Crippen molar-refractivity contribution in [1.29, 1.82) is 0 Å². The molecular weight excluding hydrogens is 320 g/mol. The van der Waals surface area contributed by atoms with Crippen LogP contribution in [0.3, 0.4) is 0 Å². The van der Waals surface area contributed by atoms with Gasteiger partial charge in [0.05, 0.1) is 30.9 Å². The molecule has 0 aliphatic carbocycles. The fourth-order valence-corrected chi connectivity index (χ4v) is 3.70. The van der Waals surface area contributed by atoms with E-state index in [1.54, 1.807) is 15.8 Å². The van der Waals surface area contributed by atoms with Crippen molar-refractivity contribution in [3.05, 3.63) is 29.6 Å². The second-order valence-electron chi connectivity index (χ2n) is 6.57. The third-order valence-corrected chi connectivity index (χ3v) is 5.02. The quantitative estimate of drug-likeness (QED) is 0.813. The van der Waals surface area contributed by atoms with Crippen LogP contribution < -0.4 is 5.32 Å². The molecule has 0 bridgehead atoms. The van der Waals surface area contributed by atoms with E-state index in [9.17, 15) is 9.59 Å². The monoisotopic (exact) mass is 346 g/mol. The molecule has 0 spiro atoms. The molecule has 2 aliphatic rings. The number of likely N-dealkylation sites (tertiary alicyclic amines) is 1. The van der Waals surface area contributed by atoms with Gasteiger partial charge in [-0.1, -0.05) is 6.08 Å². The maximum Gasteiger partial charge on any atom is 0.225 e. The number of carbonyl (C=O) groups is 2. The normalized spacial score (nSPS) is 24.2. The van der Waals surface area contributed by atoms with Crippen LogP contribution in [0, 0.1) is 5.92 Å². The molecule has 7 nitrogen and oxygen atoms in total. The summed E-state index contributed by atoms with van der Waals surface area (Å²) in [6.07, 6.45) is 5.70. The molecule has 1 fully saturated rings. The summed E-state index contributed by atoms with van der Waals surface area (Å²) in [5.41, 5.74) is 2.01. The Kier molecular flexibility index (Phi) is 5.53. The number of rotatable bonds is 5. The zero-order valence-electron chi connectivity index (χ0n) is 14.9. The zero-order chi connectivity index (χ0) is 17.8. The lowest BCUT2D eigenvalue weighted by molar-refractivity contribution is -0.143. The third-order valence-electron chi connectivity index (χ3n) is 5.02. The van der Waals surface area contributed by atoms with E-state index in [4.69, 9.17) is 4.74 Å². The van der Waals surface area contributed by atoms with Crippen LogP contribution >= 0.6 is 0 Å². The molecule has 136 valence electrons. The smallest absolute Gasteiger partial charge is 0.225 e. The molecule has 0 aromatic carbocycles. The minimum Gasteiger partial charge on any atom is -0.377 e. The number of ether oxygens (including phenoxy) is 1. The molecule has 0 radical (unpaired) electrons. The summed E-state index contributed by atoms with van der Waals surface area (Å²) < 4.78 is 7.17. The lowest BCUT2D eigenvalue weighted by atomic mass is 9.85. The van der Waals surface area contributed by atoms with Gasteiger partial charge in [0.15, 0.2) is 0 Å². The van der Waals surface area contributed by atoms with E-state index >= 15 is 0 Å². The van der Waals surface area contributed by atoms with Gasteiger partial charge in [-0.3, -0.25) is 14.3 Å². The number of nitrogens with one attached hydrogen (secondary N) is 1. The Morgan fingerprint density at radius 3 is 2.96 bits per heavy atom. The number of piperidine rings is 1. The molecule has 0 unspecified atom stereocenters. The van der Waals surface area contributed by atoms with Gasteiger partial charge in [-0.05, 0) is 31.4 Å². The van der Waals surface area contributed by atoms with Gasteiger partial charge < -0.3 is 15.0 Å². The molecule has 1 N–H and O–H groups in total. The van der Waals surface area contributed by atoms with Crippen molar-refractivity contribution in [2.45, 2.75) is 32.2 Å². The standard InChI is InChI=1S/C18H26N4O3/c1-3-22-16(23)7-6-14(17(22)15-8-9-20-21(15)2)18(24)19-11-13-5-4-10-25-12-13/h5,8-9,14,17H,3-4,6-7,10-12H2,1-2H3,(H,19,24)/t14-,17-/m0/s1. The van der Waals surface area contributed by atoms with Crippen LogP contribution in [0.15, 0.2) is 23.9 Å². The van der Waals surface area contributed by atoms with Crippen LogP contribution in [0.2, 0.25) is 0 Å². The van der Waals surface area contributed by atoms with Crippen molar-refractivity contribution in [1.82, 2.24) is 20.0 Å². The van der Waals surface area contributed by atoms with E-state index in [0.29, 0.717) is 32.5 Å². The molecule has 3 rings (SSSR count). The molecule has 0 saturated carbocycles. The first kappa shape index (κ1) is 17.7. The van der Waals surface area contributed by atoms with Crippen molar-refractivity contribution in [3.8, 4) is 0 Å². The van der Waals surface area contributed by atoms with Gasteiger partial charge in [0.25, 0.3) is 0 Å². The van der Waals surface area contributed by atoms with Gasteiger partial charge in [0.2, 0.25) is 11.8 Å². The minimum absolute atomic E-state index is 0.0105. The molecule has 3 heterocycles. The Morgan fingerprint density at radius 2 is 2.32 bits per heavy atom. The molecule has 1 saturated heterocycles. The first-order chi connectivity index (χ1) is 12.1. The molecule has 2 atom stereocenters. The van der Waals surface area contributed by atoms with Crippen LogP contribution in [-0.4, -0.2) is 52.8 Å². The molecular formula is C18H26N4O3. The molecule has 1 aromatic heterocycles. The highest BCUT2D eigenvalue weighted by molar-refractivity contribution is 5.85. The summed E-state index contributed by atoms with van der Waals surface area (Å²) in [7, 11) is 1.85. The Labute approximate surface area is 148 Å². The topological polar surface area (TPSA) is 76.5 Å². The summed E-state index contributed by atoms with van der Waals surface area (Å²) in [5.74, 6) is -0.178. The lowest BCUT2D eigenvalue weighted by Gasteiger charge is -2.40. The number of carbonyl (C=O) groups excluding carboxylic acids is 2. The second kappa shape index (κ2) is 7.82. The highest BCUT2D eigenvalue weighted by Crippen LogP contribution is 2.36. The van der Waals surface area contributed by atoms with E-state index in [-0.39, 0.29) is 23.8 Å². The van der Waals surface area contributed by atoms with Crippen molar-refractivity contribution < 1.29 is 14.3 Å². The highest BCUT2D eigenvalue weighted by Gasteiger charge is 2.41. The predicted octanol–water partition coefficient (Wildman–Crippen LogP) is 1.18. The summed E-state index contributed by atoms with van der Waals surface area (Å²) in [5, 5.41) is 7.26. The van der Waals surface area contributed by atoms with E-state index in [2.05, 4.69) is 16.5 Å². The highest BCUT2D eigenvalue weighted by atomic mass is 16.5. The third kappa shape index (κ3) is 3.76. The van der Waals surface area contributed by atoms with Gasteiger partial charge in [-0.25, -0.2) is 0 Å². The maximum absolute atomic E-state index is 12.9. The maximum atomic E-state index is 12.9. The second-order valence-corrected chi connectivity index (χ2v) is 6.57. The average molecular weight is 346 g/mol. The number of nitrogens with zero attached hydrogens (tertiary/aromatic N) is 3. The van der Waals surface area contributed by atoms with Crippen molar-refractivity contribution >= 4 is 11.8 Å². The van der Waals surface area contributed by atoms with Crippen molar-refractivity contribution in [2.24, 2.45) is 13.0 Å². The molecule has 2 amide bonds. The minimum atomic E-state index is -0.268. The number of aryl methyl sites for hydroxylation is 1. The molecule has 2 aliphatic heterocycles. The average Bonchev–Trinajstić information content (AvgIpc) is 3.05. The first-order valence-electron chi connectivity index (χ1n) is 8.92. The van der Waals surface area contributed by atoms with E-state index in [1.165, 1.54) is 0 Å². The van der Waals surface area contributed by atoms with Crippen LogP contribution in [0.4, 0.5) is 0 Å². The van der Waals surface area contributed by atoms with Crippen LogP contribution in [0.1, 0.15) is 37.9 Å². The van der Waals surface area contributed by atoms with E-state index in [1.807, 2.05) is 20.0 Å². The number of hydrogen-bond acceptors (Lipinski definition) is 4. The van der Waals surface area contributed by atoms with Gasteiger partial charge in [0.1, 0.15) is 0 Å². The summed E-state index contributed by atoms with van der Waals surface area (Å²) in [4.78, 5) is 27.0. The Balaban J connectivity index is 1.77. The Hall–Kier alpha value is -2.15. The van der Waals surface area contributed by atoms with Crippen LogP contribution in [-0.2, 0) is 21.4 Å². The van der Waals surface area contributed by atoms with Gasteiger partial charge in [-0.15, -0.1) is 0 Å². The zero-order valence-corrected chi connectivity index (χ0v) is 14.9. The van der Waals surface area contributed by atoms with Crippen molar-refractivity contribution in [3.63, 3.8) is 0 Å². The molecule has 1 aromatic rings. The number of amides is 2. The summed E-state index contributed by atoms with van der Waals surface area (Å²) in [6.45, 7) is 4.36. The molecule has 7 heteroatoms. The van der Waals surface area contributed by atoms with Gasteiger partial charge in [0, 0.05) is 32.8 Å². The van der Waals surface area contributed by atoms with Gasteiger partial charge >= 0.3 is 0 Å². The number of hydrogen-bond donors (Lipinski definition) is 1. The number of aromatic nitrogens is 2. The van der Waals surface area contributed by atoms with Crippen molar-refractivity contribution in [2.75, 3.05) is 26.3 Å². The largest absolute Gasteiger partial charge is 0.377 e. The summed E-state index contributed by atoms with van der Waals surface area (Å²) in [6, 6.07) is 1.62. The Bertz CT molecular complexity index is 667. The van der Waals surface area contributed by atoms with Crippen LogP contribution in [0.5, 0.6) is 0 Å². The Morgan fingerprint density at radius 1 is 1.48 bits per heavy atom. The van der Waals surface area contributed by atoms with E-state index in [0.717, 1.165) is 24.3 Å². The van der Waals surface area contributed by atoms with E-state index < -0.39 is 0 Å². The summed E-state index contributed by atoms with van der Waals surface area (Å²) >= 11 is 0.